The van der Waals surface area contributed by atoms with E-state index < -0.39 is 19.4 Å². The van der Waals surface area contributed by atoms with Crippen LogP contribution in [0.5, 0.6) is 0 Å². The van der Waals surface area contributed by atoms with Gasteiger partial charge in [-0.3, -0.25) is 4.57 Å². The van der Waals surface area contributed by atoms with Crippen LogP contribution in [0.15, 0.2) is 5.29 Å². The molecule has 2 amide bonds. The molecule has 0 aromatic rings. The van der Waals surface area contributed by atoms with Crippen molar-refractivity contribution in [1.82, 2.24) is 10.3 Å². The van der Waals surface area contributed by atoms with Crippen molar-refractivity contribution < 1.29 is 18.4 Å². The van der Waals surface area contributed by atoms with Gasteiger partial charge < -0.3 is 14.4 Å². The zero-order chi connectivity index (χ0) is 18.3. The molecule has 0 heterocycles. The van der Waals surface area contributed by atoms with E-state index in [1.165, 1.54) is 19.8 Å². The van der Waals surface area contributed by atoms with E-state index in [1.807, 2.05) is 0 Å². The van der Waals surface area contributed by atoms with Crippen molar-refractivity contribution in [2.24, 2.45) is 5.29 Å². The van der Waals surface area contributed by atoms with Crippen LogP contribution in [0.2, 0.25) is 0 Å². The molecule has 0 radical (unpaired) electrons. The first kappa shape index (κ1) is 24.6. The molecule has 23 heavy (non-hydrogen) atoms. The van der Waals surface area contributed by atoms with Gasteiger partial charge in [-0.2, -0.15) is 5.01 Å². The Morgan fingerprint density at radius 1 is 1.22 bits per heavy atom. The number of alkyl halides is 1. The van der Waals surface area contributed by atoms with Crippen LogP contribution in [0.3, 0.4) is 0 Å². The van der Waals surface area contributed by atoms with Gasteiger partial charge in [0.25, 0.3) is 0 Å². The lowest BCUT2D eigenvalue weighted by molar-refractivity contribution is 0.189. The van der Waals surface area contributed by atoms with E-state index in [-0.39, 0.29) is 25.6 Å². The fourth-order valence-corrected chi connectivity index (χ4v) is 2.88. The third-order valence-electron chi connectivity index (χ3n) is 2.55. The number of rotatable bonds is 10. The lowest BCUT2D eigenvalue weighted by Gasteiger charge is -2.25. The maximum Gasteiger partial charge on any atom is 0.352 e. The summed E-state index contributed by atoms with van der Waals surface area (Å²) in [6, 6.07) is -0.803. The average Bonchev–Trinajstić information content (AvgIpc) is 2.53. The molecule has 1 unspecified atom stereocenters. The number of amides is 2. The van der Waals surface area contributed by atoms with E-state index in [2.05, 4.69) is 24.5 Å². The van der Waals surface area contributed by atoms with Crippen LogP contribution >= 0.6 is 19.2 Å². The molecule has 0 rings (SSSR count). The Morgan fingerprint density at radius 3 is 2.00 bits per heavy atom. The van der Waals surface area contributed by atoms with Gasteiger partial charge in [0.2, 0.25) is 0 Å². The van der Waals surface area contributed by atoms with Crippen molar-refractivity contribution in [3.05, 3.63) is 4.91 Å². The number of nitrogens with one attached hydrogen (secondary N) is 1. The van der Waals surface area contributed by atoms with Crippen LogP contribution in [0.1, 0.15) is 47.5 Å². The van der Waals surface area contributed by atoms with Gasteiger partial charge >= 0.3 is 13.6 Å². The molecule has 0 fully saturated rings. The summed E-state index contributed by atoms with van der Waals surface area (Å²) < 4.78 is 22.4. The van der Waals surface area contributed by atoms with Gasteiger partial charge in [0, 0.05) is 5.88 Å². The lowest BCUT2D eigenvalue weighted by Crippen LogP contribution is -2.42. The maximum absolute atomic E-state index is 12.3. The molecule has 1 atom stereocenters. The second-order valence-electron chi connectivity index (χ2n) is 4.39. The molecule has 0 bridgehead atoms. The minimum atomic E-state index is -3.47. The number of nitroso groups, excluding NO2 is 1. The topological polar surface area (TPSA) is 97.3 Å². The molecule has 138 valence electrons. The molecule has 0 aliphatic rings. The molecule has 1 N–H and O–H groups in total. The van der Waals surface area contributed by atoms with Gasteiger partial charge in [-0.15, -0.1) is 16.5 Å². The van der Waals surface area contributed by atoms with Crippen LogP contribution in [-0.2, 0) is 13.6 Å². The number of urea groups is 1. The lowest BCUT2D eigenvalue weighted by atomic mass is 10.4. The molecule has 10 heteroatoms. The van der Waals surface area contributed by atoms with Crippen molar-refractivity contribution in [1.29, 1.82) is 0 Å². The Kier molecular flexibility index (Phi) is 15.9. The highest BCUT2D eigenvalue weighted by atomic mass is 35.5. The third kappa shape index (κ3) is 10.7. The quantitative estimate of drug-likeness (QED) is 0.266. The van der Waals surface area contributed by atoms with E-state index in [0.29, 0.717) is 5.01 Å². The van der Waals surface area contributed by atoms with Crippen LogP contribution < -0.4 is 5.32 Å². The summed E-state index contributed by atoms with van der Waals surface area (Å²) in [5.74, 6) is -0.846. The number of carbonyl (C=O) groups excluding carboxylic acids is 1. The highest BCUT2D eigenvalue weighted by Crippen LogP contribution is 2.51. The Hall–Kier alpha value is -0.690. The van der Waals surface area contributed by atoms with Crippen molar-refractivity contribution in [2.45, 2.75) is 53.2 Å². The molecular weight excluding hydrogens is 345 g/mol. The second kappa shape index (κ2) is 14.9. The standard InChI is InChI=1S/C9H19ClN3O5P.C4H10/c1-4-17-19(16,18-5-2)8(3)11-9(14)13(12-15)7-6-10;1-3-4-2/h8H,4-7H2,1-3H3,(H,11,14);3-4H2,1-2H3. The molecule has 0 spiro atoms. The number of hydrogen-bond donors (Lipinski definition) is 1. The first-order chi connectivity index (χ1) is 10.9. The minimum Gasteiger partial charge on any atom is -0.322 e. The minimum absolute atomic E-state index is 0.0445. The predicted molar refractivity (Wildman–Crippen MR) is 92.7 cm³/mol. The van der Waals surface area contributed by atoms with Gasteiger partial charge in [-0.1, -0.05) is 26.7 Å². The molecule has 0 aromatic carbocycles. The molecule has 8 nitrogen and oxygen atoms in total. The summed E-state index contributed by atoms with van der Waals surface area (Å²) in [5.41, 5.74) is 0. The summed E-state index contributed by atoms with van der Waals surface area (Å²) in [6.07, 6.45) is 2.64. The summed E-state index contributed by atoms with van der Waals surface area (Å²) in [4.78, 5) is 22.1. The van der Waals surface area contributed by atoms with Crippen molar-refractivity contribution in [3.63, 3.8) is 0 Å². The largest absolute Gasteiger partial charge is 0.352 e. The predicted octanol–water partition coefficient (Wildman–Crippen LogP) is 4.34. The maximum atomic E-state index is 12.3. The molecule has 0 saturated carbocycles. The monoisotopic (exact) mass is 373 g/mol. The zero-order valence-corrected chi connectivity index (χ0v) is 16.2. The average molecular weight is 374 g/mol. The smallest absolute Gasteiger partial charge is 0.322 e. The van der Waals surface area contributed by atoms with Crippen LogP contribution in [0.25, 0.3) is 0 Å². The molecule has 0 aliphatic heterocycles. The highest BCUT2D eigenvalue weighted by Gasteiger charge is 2.34. The van der Waals surface area contributed by atoms with Gasteiger partial charge in [-0.05, 0) is 20.8 Å². The fourth-order valence-electron chi connectivity index (χ4n) is 1.21. The van der Waals surface area contributed by atoms with Crippen LogP contribution in [0, 0.1) is 4.91 Å². The third-order valence-corrected chi connectivity index (χ3v) is 5.04. The SMILES string of the molecule is CCCC.CCOP(=O)(OCC)C(C)NC(=O)N(CCCl)N=O. The molecule has 0 aliphatic carbocycles. The van der Waals surface area contributed by atoms with Crippen LogP contribution in [-0.4, -0.2) is 42.5 Å². The van der Waals surface area contributed by atoms with Gasteiger partial charge in [0.15, 0.2) is 0 Å². The summed E-state index contributed by atoms with van der Waals surface area (Å²) in [7, 11) is -3.47. The number of carbonyl (C=O) groups is 1. The Bertz CT molecular complexity index is 362. The van der Waals surface area contributed by atoms with Crippen molar-refractivity contribution >= 4 is 25.2 Å². The van der Waals surface area contributed by atoms with Gasteiger partial charge in [0.1, 0.15) is 5.78 Å². The summed E-state index contributed by atoms with van der Waals surface area (Å²) >= 11 is 5.42. The Labute approximate surface area is 143 Å². The first-order valence-corrected chi connectivity index (χ1v) is 9.87. The van der Waals surface area contributed by atoms with Gasteiger partial charge in [-0.25, -0.2) is 4.79 Å². The number of unbranched alkanes of at least 4 members (excludes halogenated alkanes) is 1. The second-order valence-corrected chi connectivity index (χ2v) is 7.14. The fraction of sp³-hybridized carbons (Fsp3) is 0.923. The molecule has 0 saturated heterocycles. The number of nitrogens with zero attached hydrogens (tertiary/aromatic N) is 2. The highest BCUT2D eigenvalue weighted by molar-refractivity contribution is 7.54. The van der Waals surface area contributed by atoms with Crippen LogP contribution in [0.4, 0.5) is 4.79 Å². The zero-order valence-electron chi connectivity index (χ0n) is 14.6. The number of halogens is 1. The normalized spacial score (nSPS) is 11.9. The van der Waals surface area contributed by atoms with E-state index >= 15 is 0 Å². The van der Waals surface area contributed by atoms with Crippen molar-refractivity contribution in [2.75, 3.05) is 25.6 Å². The van der Waals surface area contributed by atoms with Crippen molar-refractivity contribution in [3.8, 4) is 0 Å². The van der Waals surface area contributed by atoms with E-state index in [4.69, 9.17) is 20.6 Å². The first-order valence-electron chi connectivity index (χ1n) is 7.72. The Balaban J connectivity index is 0. The molecule has 0 aromatic heterocycles. The van der Waals surface area contributed by atoms with Gasteiger partial charge in [0.05, 0.1) is 25.0 Å². The Morgan fingerprint density at radius 2 is 1.70 bits per heavy atom. The summed E-state index contributed by atoms with van der Waals surface area (Å²) in [6.45, 7) is 9.45. The molecular formula is C13H29ClN3O5P. The van der Waals surface area contributed by atoms with E-state index in [0.717, 1.165) is 0 Å². The van der Waals surface area contributed by atoms with E-state index in [9.17, 15) is 14.3 Å². The summed E-state index contributed by atoms with van der Waals surface area (Å²) in [5, 5.41) is 5.47. The number of hydrogen-bond acceptors (Lipinski definition) is 6. The van der Waals surface area contributed by atoms with E-state index in [1.54, 1.807) is 13.8 Å².